The zero-order valence-corrected chi connectivity index (χ0v) is 14.5. The van der Waals surface area contributed by atoms with Crippen molar-refractivity contribution in [2.45, 2.75) is 11.3 Å². The Balaban J connectivity index is 1.58. The summed E-state index contributed by atoms with van der Waals surface area (Å²) >= 11 is 2.72. The van der Waals surface area contributed by atoms with Crippen LogP contribution in [0.3, 0.4) is 0 Å². The fourth-order valence-electron chi connectivity index (χ4n) is 2.14. The summed E-state index contributed by atoms with van der Waals surface area (Å²) in [5.74, 6) is 0.776. The molecule has 0 fully saturated rings. The third-order valence-electron chi connectivity index (χ3n) is 3.27. The van der Waals surface area contributed by atoms with Gasteiger partial charge in [-0.05, 0) is 24.3 Å². The highest BCUT2D eigenvalue weighted by molar-refractivity contribution is 7.99. The van der Waals surface area contributed by atoms with E-state index in [4.69, 9.17) is 4.74 Å². The first-order valence-electron chi connectivity index (χ1n) is 7.28. The number of thiazole rings is 1. The smallest absolute Gasteiger partial charge is 0.226 e. The molecule has 24 heavy (non-hydrogen) atoms. The second-order valence-electron chi connectivity index (χ2n) is 4.90. The minimum absolute atomic E-state index is 0.142. The number of aromatic nitrogens is 1. The van der Waals surface area contributed by atoms with Crippen LogP contribution < -0.4 is 10.1 Å². The van der Waals surface area contributed by atoms with Gasteiger partial charge in [-0.3, -0.25) is 4.79 Å². The second kappa shape index (κ2) is 7.63. The topological polar surface area (TPSA) is 51.2 Å². The van der Waals surface area contributed by atoms with E-state index in [0.717, 1.165) is 10.2 Å². The Morgan fingerprint density at radius 1 is 1.29 bits per heavy atom. The number of nitrogens with one attached hydrogen (secondary N) is 1. The average Bonchev–Trinajstić information content (AvgIpc) is 2.98. The van der Waals surface area contributed by atoms with Crippen LogP contribution in [0.2, 0.25) is 0 Å². The minimum Gasteiger partial charge on any atom is -0.494 e. The molecule has 4 nitrogen and oxygen atoms in total. The number of para-hydroxylation sites is 1. The fourth-order valence-corrected chi connectivity index (χ4v) is 3.93. The molecule has 0 saturated carbocycles. The maximum Gasteiger partial charge on any atom is 0.226 e. The predicted molar refractivity (Wildman–Crippen MR) is 96.5 cm³/mol. The van der Waals surface area contributed by atoms with Crippen LogP contribution in [0.4, 0.5) is 9.52 Å². The highest BCUT2D eigenvalue weighted by Gasteiger charge is 2.11. The van der Waals surface area contributed by atoms with Crippen LogP contribution >= 0.6 is 23.1 Å². The summed E-state index contributed by atoms with van der Waals surface area (Å²) in [7, 11) is 1.59. The lowest BCUT2D eigenvalue weighted by Crippen LogP contribution is -2.11. The normalized spacial score (nSPS) is 10.8. The molecular formula is C17H15FN2O2S2. The van der Waals surface area contributed by atoms with E-state index in [9.17, 15) is 9.18 Å². The number of halogens is 1. The van der Waals surface area contributed by atoms with Crippen molar-refractivity contribution in [3.63, 3.8) is 0 Å². The first-order valence-corrected chi connectivity index (χ1v) is 9.08. The second-order valence-corrected chi connectivity index (χ2v) is 7.07. The molecule has 0 bridgehead atoms. The lowest BCUT2D eigenvalue weighted by atomic mass is 10.3. The Morgan fingerprint density at radius 3 is 2.92 bits per heavy atom. The van der Waals surface area contributed by atoms with Crippen molar-refractivity contribution >= 4 is 44.4 Å². The Bertz CT molecular complexity index is 867. The van der Waals surface area contributed by atoms with Gasteiger partial charge in [0, 0.05) is 17.1 Å². The predicted octanol–water partition coefficient (Wildman–Crippen LogP) is 4.56. The third-order valence-corrected chi connectivity index (χ3v) is 5.26. The first kappa shape index (κ1) is 16.7. The van der Waals surface area contributed by atoms with Crippen LogP contribution in [0.1, 0.15) is 6.42 Å². The number of fused-ring (bicyclic) bond motifs is 1. The molecule has 3 rings (SSSR count). The van der Waals surface area contributed by atoms with E-state index in [-0.39, 0.29) is 18.1 Å². The summed E-state index contributed by atoms with van der Waals surface area (Å²) < 4.78 is 19.7. The largest absolute Gasteiger partial charge is 0.494 e. The van der Waals surface area contributed by atoms with Crippen LogP contribution in [0, 0.1) is 5.82 Å². The molecule has 0 radical (unpaired) electrons. The van der Waals surface area contributed by atoms with Gasteiger partial charge in [-0.15, -0.1) is 11.8 Å². The van der Waals surface area contributed by atoms with E-state index < -0.39 is 0 Å². The molecule has 124 valence electrons. The van der Waals surface area contributed by atoms with Gasteiger partial charge in [-0.25, -0.2) is 9.37 Å². The summed E-state index contributed by atoms with van der Waals surface area (Å²) in [6.07, 6.45) is 0.284. The van der Waals surface area contributed by atoms with E-state index in [2.05, 4.69) is 10.3 Å². The van der Waals surface area contributed by atoms with Crippen molar-refractivity contribution in [2.75, 3.05) is 18.2 Å². The van der Waals surface area contributed by atoms with Crippen LogP contribution in [-0.2, 0) is 4.79 Å². The maximum atomic E-state index is 13.5. The SMILES string of the molecule is COc1cccc2sc(NC(=O)CCSc3ccccc3F)nc12. The number of ether oxygens (including phenoxy) is 1. The molecule has 0 unspecified atom stereocenters. The van der Waals surface area contributed by atoms with E-state index in [0.29, 0.717) is 21.5 Å². The molecule has 0 aliphatic rings. The lowest BCUT2D eigenvalue weighted by molar-refractivity contribution is -0.115. The molecule has 1 heterocycles. The molecule has 0 atom stereocenters. The minimum atomic E-state index is -0.263. The molecule has 1 aromatic heterocycles. The maximum absolute atomic E-state index is 13.5. The summed E-state index contributed by atoms with van der Waals surface area (Å²) in [6.45, 7) is 0. The highest BCUT2D eigenvalue weighted by atomic mass is 32.2. The molecule has 0 saturated heterocycles. The Labute approximate surface area is 147 Å². The van der Waals surface area contributed by atoms with Gasteiger partial charge in [0.15, 0.2) is 5.13 Å². The van der Waals surface area contributed by atoms with Gasteiger partial charge in [0.2, 0.25) is 5.91 Å². The number of methoxy groups -OCH3 is 1. The van der Waals surface area contributed by atoms with Crippen LogP contribution in [0.15, 0.2) is 47.4 Å². The number of amides is 1. The van der Waals surface area contributed by atoms with Gasteiger partial charge in [0.25, 0.3) is 0 Å². The number of carbonyl (C=O) groups excluding carboxylic acids is 1. The Morgan fingerprint density at radius 2 is 2.12 bits per heavy atom. The third kappa shape index (κ3) is 3.85. The van der Waals surface area contributed by atoms with Crippen LogP contribution in [-0.4, -0.2) is 23.8 Å². The fraction of sp³-hybridized carbons (Fsp3) is 0.176. The van der Waals surface area contributed by atoms with E-state index in [1.807, 2.05) is 18.2 Å². The molecule has 1 amide bonds. The van der Waals surface area contributed by atoms with Crippen molar-refractivity contribution < 1.29 is 13.9 Å². The average molecular weight is 362 g/mol. The zero-order valence-electron chi connectivity index (χ0n) is 12.9. The number of hydrogen-bond acceptors (Lipinski definition) is 5. The number of anilines is 1. The summed E-state index contributed by atoms with van der Waals surface area (Å²) in [5, 5.41) is 3.33. The lowest BCUT2D eigenvalue weighted by Gasteiger charge is -2.03. The van der Waals surface area contributed by atoms with Gasteiger partial charge < -0.3 is 10.1 Å². The first-order chi connectivity index (χ1) is 11.7. The van der Waals surface area contributed by atoms with E-state index >= 15 is 0 Å². The highest BCUT2D eigenvalue weighted by Crippen LogP contribution is 2.32. The van der Waals surface area contributed by atoms with E-state index in [1.54, 1.807) is 25.3 Å². The number of carbonyl (C=O) groups is 1. The van der Waals surface area contributed by atoms with Crippen LogP contribution in [0.25, 0.3) is 10.2 Å². The van der Waals surface area contributed by atoms with E-state index in [1.165, 1.54) is 29.2 Å². The number of nitrogens with zero attached hydrogens (tertiary/aromatic N) is 1. The van der Waals surface area contributed by atoms with Crippen molar-refractivity contribution in [1.82, 2.24) is 4.98 Å². The molecule has 7 heteroatoms. The molecular weight excluding hydrogens is 347 g/mol. The van der Waals surface area contributed by atoms with Gasteiger partial charge in [-0.2, -0.15) is 0 Å². The molecule has 0 spiro atoms. The number of rotatable bonds is 6. The number of hydrogen-bond donors (Lipinski definition) is 1. The zero-order chi connectivity index (χ0) is 16.9. The Hall–Kier alpha value is -2.12. The summed E-state index contributed by atoms with van der Waals surface area (Å²) in [4.78, 5) is 17.0. The van der Waals surface area contributed by atoms with Crippen molar-refractivity contribution in [3.8, 4) is 5.75 Å². The summed E-state index contributed by atoms with van der Waals surface area (Å²) in [5.41, 5.74) is 0.737. The molecule has 1 N–H and O–H groups in total. The van der Waals surface area contributed by atoms with Gasteiger partial charge in [-0.1, -0.05) is 29.5 Å². The van der Waals surface area contributed by atoms with Gasteiger partial charge in [0.05, 0.1) is 11.8 Å². The monoisotopic (exact) mass is 362 g/mol. The number of thioether (sulfide) groups is 1. The van der Waals surface area contributed by atoms with Crippen LogP contribution in [0.5, 0.6) is 5.75 Å². The van der Waals surface area contributed by atoms with Crippen molar-refractivity contribution in [3.05, 3.63) is 48.3 Å². The Kier molecular flexibility index (Phi) is 5.32. The molecule has 0 aliphatic carbocycles. The van der Waals surface area contributed by atoms with Gasteiger partial charge in [0.1, 0.15) is 17.1 Å². The van der Waals surface area contributed by atoms with Gasteiger partial charge >= 0.3 is 0 Å². The van der Waals surface area contributed by atoms with Crippen molar-refractivity contribution in [2.24, 2.45) is 0 Å². The number of benzene rings is 2. The molecule has 2 aromatic carbocycles. The molecule has 0 aliphatic heterocycles. The standard InChI is InChI=1S/C17H15FN2O2S2/c1-22-12-6-4-8-14-16(12)20-17(24-14)19-15(21)9-10-23-13-7-3-2-5-11(13)18/h2-8H,9-10H2,1H3,(H,19,20,21). The van der Waals surface area contributed by atoms with Crippen molar-refractivity contribution in [1.29, 1.82) is 0 Å². The summed E-state index contributed by atoms with van der Waals surface area (Å²) in [6, 6.07) is 12.2. The quantitative estimate of drug-likeness (QED) is 0.653. The molecule has 3 aromatic rings.